The number of hydrogen-bond acceptors (Lipinski definition) is 10. The zero-order valence-electron chi connectivity index (χ0n) is 30.7. The summed E-state index contributed by atoms with van der Waals surface area (Å²) in [7, 11) is 1.73. The molecule has 7 rings (SSSR count). The van der Waals surface area contributed by atoms with Crippen LogP contribution in [0.3, 0.4) is 0 Å². The Labute approximate surface area is 314 Å². The summed E-state index contributed by atoms with van der Waals surface area (Å²) in [6.07, 6.45) is 6.88. The Bertz CT molecular complexity index is 2170. The number of aromatic hydroxyl groups is 1. The van der Waals surface area contributed by atoms with Crippen LogP contribution in [-0.2, 0) is 29.6 Å². The van der Waals surface area contributed by atoms with Crippen molar-refractivity contribution in [3.05, 3.63) is 94.4 Å². The number of piperazine rings is 1. The van der Waals surface area contributed by atoms with Crippen LogP contribution in [0.15, 0.2) is 77.6 Å². The maximum Gasteiger partial charge on any atom is 0.329 e. The number of nitrogen functional groups attached to an aromatic ring is 1. The molecule has 282 valence electrons. The van der Waals surface area contributed by atoms with Gasteiger partial charge >= 0.3 is 5.69 Å². The maximum absolute atomic E-state index is 13.0. The van der Waals surface area contributed by atoms with Crippen LogP contribution >= 0.6 is 0 Å². The van der Waals surface area contributed by atoms with Crippen LogP contribution in [0.1, 0.15) is 62.1 Å². The molecule has 0 spiro atoms. The molecule has 2 fully saturated rings. The zero-order chi connectivity index (χ0) is 37.6. The Morgan fingerprint density at radius 2 is 1.59 bits per heavy atom. The third-order valence-corrected chi connectivity index (χ3v) is 10.6. The van der Waals surface area contributed by atoms with Crippen molar-refractivity contribution in [2.24, 2.45) is 7.05 Å². The topological polar surface area (TPSA) is 161 Å². The highest BCUT2D eigenvalue weighted by molar-refractivity contribution is 6.00. The summed E-state index contributed by atoms with van der Waals surface area (Å²) in [6, 6.07) is 22.8. The van der Waals surface area contributed by atoms with Gasteiger partial charge in [0, 0.05) is 51.8 Å². The van der Waals surface area contributed by atoms with Crippen LogP contribution < -0.4 is 26.4 Å². The van der Waals surface area contributed by atoms with Crippen molar-refractivity contribution >= 4 is 34.4 Å². The number of phenols is 1. The Morgan fingerprint density at radius 3 is 2.37 bits per heavy atom. The minimum Gasteiger partial charge on any atom is -0.507 e. The first-order valence-corrected chi connectivity index (χ1v) is 18.9. The normalized spacial score (nSPS) is 16.5. The van der Waals surface area contributed by atoms with Crippen LogP contribution in [0.4, 0.5) is 11.5 Å². The van der Waals surface area contributed by atoms with Crippen LogP contribution in [0.5, 0.6) is 11.5 Å². The molecule has 2 saturated heterocycles. The molecule has 2 aromatic heterocycles. The second-order valence-corrected chi connectivity index (χ2v) is 14.3. The molecule has 2 aliphatic heterocycles. The summed E-state index contributed by atoms with van der Waals surface area (Å²) in [5, 5.41) is 21.0. The second kappa shape index (κ2) is 16.5. The van der Waals surface area contributed by atoms with E-state index in [9.17, 15) is 19.5 Å². The number of nitrogens with one attached hydrogen (secondary N) is 1. The van der Waals surface area contributed by atoms with Crippen LogP contribution in [0, 0.1) is 0 Å². The number of benzene rings is 3. The summed E-state index contributed by atoms with van der Waals surface area (Å²) < 4.78 is 9.16. The first-order valence-electron chi connectivity index (χ1n) is 18.9. The van der Waals surface area contributed by atoms with Crippen molar-refractivity contribution < 1.29 is 19.4 Å². The van der Waals surface area contributed by atoms with Gasteiger partial charge in [-0.25, -0.2) is 4.79 Å². The molecule has 4 N–H and O–H groups in total. The number of nitrogens with zero attached hydrogens (tertiary/aromatic N) is 6. The highest BCUT2D eigenvalue weighted by atomic mass is 16.5. The summed E-state index contributed by atoms with van der Waals surface area (Å²) in [6.45, 7) is 4.97. The van der Waals surface area contributed by atoms with E-state index in [1.54, 1.807) is 23.7 Å². The van der Waals surface area contributed by atoms with E-state index < -0.39 is 11.9 Å². The number of anilines is 2. The lowest BCUT2D eigenvalue weighted by molar-refractivity contribution is -0.135. The van der Waals surface area contributed by atoms with E-state index >= 15 is 0 Å². The fourth-order valence-corrected chi connectivity index (χ4v) is 7.51. The number of hydrogen-bond donors (Lipinski definition) is 3. The van der Waals surface area contributed by atoms with E-state index in [1.807, 2.05) is 36.4 Å². The number of aromatic nitrogens is 4. The predicted molar refractivity (Wildman–Crippen MR) is 208 cm³/mol. The number of piperidine rings is 1. The number of phenolic OH excluding ortho intramolecular Hbond substituents is 1. The molecule has 3 aromatic carbocycles. The number of amides is 2. The number of imidazole rings is 1. The van der Waals surface area contributed by atoms with Crippen molar-refractivity contribution in [2.75, 3.05) is 43.4 Å². The van der Waals surface area contributed by atoms with Crippen molar-refractivity contribution in [1.29, 1.82) is 0 Å². The van der Waals surface area contributed by atoms with Crippen LogP contribution in [0.25, 0.3) is 22.3 Å². The summed E-state index contributed by atoms with van der Waals surface area (Å²) >= 11 is 0. The number of ether oxygens (including phenoxy) is 1. The van der Waals surface area contributed by atoms with Gasteiger partial charge in [0.05, 0.1) is 29.0 Å². The van der Waals surface area contributed by atoms with Crippen molar-refractivity contribution in [1.82, 2.24) is 29.5 Å². The molecule has 1 atom stereocenters. The predicted octanol–water partition coefficient (Wildman–Crippen LogP) is 4.96. The van der Waals surface area contributed by atoms with Gasteiger partial charge in [0.15, 0.2) is 5.82 Å². The zero-order valence-corrected chi connectivity index (χ0v) is 30.7. The second-order valence-electron chi connectivity index (χ2n) is 14.3. The molecule has 1 unspecified atom stereocenters. The molecule has 13 nitrogen and oxygen atoms in total. The first kappa shape index (κ1) is 36.7. The quantitative estimate of drug-likeness (QED) is 0.105. The van der Waals surface area contributed by atoms with E-state index in [-0.39, 0.29) is 23.8 Å². The minimum atomic E-state index is -0.668. The van der Waals surface area contributed by atoms with Gasteiger partial charge in [-0.15, -0.1) is 10.2 Å². The smallest absolute Gasteiger partial charge is 0.329 e. The molecule has 0 saturated carbocycles. The molecular weight excluding hydrogens is 685 g/mol. The lowest BCUT2D eigenvalue weighted by Crippen LogP contribution is -2.46. The SMILES string of the molecule is Cn1c(=O)n(C2CCC(=O)NC2=O)c2ccc(CCCCCCCOc3ccc(CN4CCN(c5cc(-c6ccccc6O)nnc5N)CC4)cc3)cc21. The van der Waals surface area contributed by atoms with E-state index in [0.717, 1.165) is 93.7 Å². The summed E-state index contributed by atoms with van der Waals surface area (Å²) in [4.78, 5) is 41.8. The fourth-order valence-electron chi connectivity index (χ4n) is 7.51. The van der Waals surface area contributed by atoms with E-state index in [0.29, 0.717) is 30.1 Å². The molecule has 0 aliphatic carbocycles. The van der Waals surface area contributed by atoms with Crippen molar-refractivity contribution in [3.63, 3.8) is 0 Å². The fraction of sp³-hybridized carbons (Fsp3) is 0.390. The lowest BCUT2D eigenvalue weighted by atomic mass is 10.0. The van der Waals surface area contributed by atoms with Gasteiger partial charge in [0.1, 0.15) is 17.5 Å². The van der Waals surface area contributed by atoms with Gasteiger partial charge in [0.2, 0.25) is 11.8 Å². The number of carbonyl (C=O) groups excluding carboxylic acids is 2. The highest BCUT2D eigenvalue weighted by Gasteiger charge is 2.31. The third-order valence-electron chi connectivity index (χ3n) is 10.6. The van der Waals surface area contributed by atoms with Gasteiger partial charge < -0.3 is 20.5 Å². The standard InChI is InChI=1S/C41H48N8O5/c1-46-35-25-28(14-17-33(35)49(41(46)53)34-18-19-38(51)43-40(34)52)9-5-3-2-4-8-24-54-30-15-12-29(13-16-30)27-47-20-22-48(23-21-47)36-26-32(44-45-39(36)42)31-10-6-7-11-37(31)50/h6-7,10-17,25-26,34,50H,2-5,8-9,18-24,27H2,1H3,(H2,42,45)(H,43,51,52). The Hall–Kier alpha value is -5.69. The molecule has 0 radical (unpaired) electrons. The molecule has 4 heterocycles. The maximum atomic E-state index is 13.0. The molecule has 13 heteroatoms. The number of carbonyl (C=O) groups is 2. The Balaban J connectivity index is 0.794. The van der Waals surface area contributed by atoms with E-state index in [2.05, 4.69) is 49.6 Å². The number of fused-ring (bicyclic) bond motifs is 1. The van der Waals surface area contributed by atoms with Gasteiger partial charge in [-0.1, -0.05) is 49.6 Å². The number of para-hydroxylation sites is 1. The Morgan fingerprint density at radius 1 is 0.852 bits per heavy atom. The van der Waals surface area contributed by atoms with Crippen LogP contribution in [-0.4, -0.2) is 73.9 Å². The molecule has 2 amide bonds. The summed E-state index contributed by atoms with van der Waals surface area (Å²) in [5.41, 5.74) is 12.0. The van der Waals surface area contributed by atoms with Crippen molar-refractivity contribution in [2.45, 2.75) is 64.0 Å². The number of imide groups is 1. The monoisotopic (exact) mass is 732 g/mol. The van der Waals surface area contributed by atoms with Crippen molar-refractivity contribution in [3.8, 4) is 22.8 Å². The summed E-state index contributed by atoms with van der Waals surface area (Å²) in [5.74, 6) is 0.737. The highest BCUT2D eigenvalue weighted by Crippen LogP contribution is 2.32. The minimum absolute atomic E-state index is 0.166. The van der Waals surface area contributed by atoms with Crippen LogP contribution in [0.2, 0.25) is 0 Å². The third kappa shape index (κ3) is 8.26. The number of rotatable bonds is 14. The number of aryl methyl sites for hydroxylation is 2. The average molecular weight is 733 g/mol. The number of unbranched alkanes of at least 4 members (excludes halogenated alkanes) is 4. The van der Waals surface area contributed by atoms with Gasteiger partial charge in [-0.2, -0.15) is 0 Å². The van der Waals surface area contributed by atoms with E-state index in [1.165, 1.54) is 15.7 Å². The molecule has 54 heavy (non-hydrogen) atoms. The van der Waals surface area contributed by atoms with Gasteiger partial charge in [-0.05, 0) is 79.3 Å². The average Bonchev–Trinajstić information content (AvgIpc) is 3.42. The first-order chi connectivity index (χ1) is 26.2. The molecule has 2 aliphatic rings. The molecule has 0 bridgehead atoms. The Kier molecular flexibility index (Phi) is 11.2. The van der Waals surface area contributed by atoms with Gasteiger partial charge in [-0.3, -0.25) is 28.9 Å². The molecule has 5 aromatic rings. The van der Waals surface area contributed by atoms with Gasteiger partial charge in [0.25, 0.3) is 0 Å². The lowest BCUT2D eigenvalue weighted by Gasteiger charge is -2.36. The largest absolute Gasteiger partial charge is 0.507 e. The molecular formula is C41H48N8O5. The van der Waals surface area contributed by atoms with E-state index in [4.69, 9.17) is 10.5 Å². The number of nitrogens with two attached hydrogens (primary N) is 1.